The highest BCUT2D eigenvalue weighted by Crippen LogP contribution is 2.46. The maximum Gasteiger partial charge on any atom is 0.352 e. The van der Waals surface area contributed by atoms with Crippen molar-refractivity contribution in [3.05, 3.63) is 11.3 Å². The van der Waals surface area contributed by atoms with Gasteiger partial charge in [-0.05, 0) is 12.5 Å². The highest BCUT2D eigenvalue weighted by atomic mass is 32.2. The summed E-state index contributed by atoms with van der Waals surface area (Å²) in [7, 11) is 1.30. The molecule has 0 bridgehead atoms. The summed E-state index contributed by atoms with van der Waals surface area (Å²) in [4.78, 5) is 35.0. The Morgan fingerprint density at radius 3 is 2.89 bits per heavy atom. The van der Waals surface area contributed by atoms with Crippen LogP contribution in [0.15, 0.2) is 11.3 Å². The molecule has 2 N–H and O–H groups in total. The predicted octanol–water partition coefficient (Wildman–Crippen LogP) is -0.651. The number of aliphatic carboxylic acids is 1. The fraction of sp³-hybridized carbons (Fsp3) is 0.500. The molecule has 1 saturated heterocycles. The first-order chi connectivity index (χ1) is 8.49. The average molecular weight is 272 g/mol. The molecule has 0 aromatic carbocycles. The number of hydrogen-bond acceptors (Lipinski definition) is 5. The van der Waals surface area contributed by atoms with Crippen molar-refractivity contribution in [2.45, 2.75) is 18.0 Å². The molecule has 1 fully saturated rings. The third-order valence-corrected chi connectivity index (χ3v) is 4.48. The Morgan fingerprint density at radius 1 is 1.72 bits per heavy atom. The maximum absolute atomic E-state index is 12.1. The van der Waals surface area contributed by atoms with Crippen molar-refractivity contribution in [3.63, 3.8) is 0 Å². The van der Waals surface area contributed by atoms with Crippen LogP contribution in [0.4, 0.5) is 0 Å². The van der Waals surface area contributed by atoms with Crippen molar-refractivity contribution < 1.29 is 24.2 Å². The molecule has 2 atom stereocenters. The lowest BCUT2D eigenvalue weighted by Crippen LogP contribution is -2.79. The Balaban J connectivity index is 2.39. The number of methoxy groups -OCH3 is 1. The van der Waals surface area contributed by atoms with E-state index in [1.54, 1.807) is 6.92 Å². The molecule has 0 saturated carbocycles. The number of carboxylic acid groups (broad SMARTS) is 1. The van der Waals surface area contributed by atoms with Crippen LogP contribution in [0.2, 0.25) is 0 Å². The molecule has 1 unspecified atom stereocenters. The Morgan fingerprint density at radius 2 is 2.39 bits per heavy atom. The zero-order valence-corrected chi connectivity index (χ0v) is 10.6. The maximum atomic E-state index is 12.1. The van der Waals surface area contributed by atoms with Gasteiger partial charge in [0.15, 0.2) is 0 Å². The predicted molar refractivity (Wildman–Crippen MR) is 62.4 cm³/mol. The molecule has 0 aliphatic carbocycles. The lowest BCUT2D eigenvalue weighted by atomic mass is 9.99. The molecular weight excluding hydrogens is 260 g/mol. The van der Waals surface area contributed by atoms with Crippen LogP contribution in [0.5, 0.6) is 0 Å². The molecule has 8 heteroatoms. The van der Waals surface area contributed by atoms with Crippen LogP contribution in [-0.2, 0) is 19.1 Å². The number of thioether (sulfide) groups is 1. The molecule has 0 radical (unpaired) electrons. The molecule has 2 heterocycles. The van der Waals surface area contributed by atoms with E-state index in [-0.39, 0.29) is 5.70 Å². The van der Waals surface area contributed by atoms with Crippen molar-refractivity contribution >= 4 is 30.0 Å². The van der Waals surface area contributed by atoms with Gasteiger partial charge >= 0.3 is 5.97 Å². The van der Waals surface area contributed by atoms with Gasteiger partial charge in [-0.2, -0.15) is 0 Å². The molecule has 98 valence electrons. The van der Waals surface area contributed by atoms with E-state index in [0.29, 0.717) is 17.7 Å². The first kappa shape index (κ1) is 12.9. The minimum absolute atomic E-state index is 0.0240. The van der Waals surface area contributed by atoms with Gasteiger partial charge < -0.3 is 15.2 Å². The second-order valence-corrected chi connectivity index (χ2v) is 5.04. The summed E-state index contributed by atoms with van der Waals surface area (Å²) in [5.74, 6) is -1.24. The Hall–Kier alpha value is -1.54. The number of nitrogens with one attached hydrogen (secondary N) is 1. The lowest BCUT2D eigenvalue weighted by molar-refractivity contribution is -0.190. The highest BCUT2D eigenvalue weighted by Gasteiger charge is 2.65. The summed E-state index contributed by atoms with van der Waals surface area (Å²) in [5.41, 5.74) is -0.856. The minimum atomic E-state index is -1.45. The van der Waals surface area contributed by atoms with E-state index in [9.17, 15) is 14.4 Å². The van der Waals surface area contributed by atoms with E-state index < -0.39 is 23.0 Å². The van der Waals surface area contributed by atoms with Gasteiger partial charge in [-0.15, -0.1) is 11.8 Å². The molecule has 2 amide bonds. The number of hydrogen-bond donors (Lipinski definition) is 2. The van der Waals surface area contributed by atoms with Crippen LogP contribution in [0.1, 0.15) is 6.92 Å². The topological polar surface area (TPSA) is 95.9 Å². The normalized spacial score (nSPS) is 30.7. The summed E-state index contributed by atoms with van der Waals surface area (Å²) in [6.07, 6.45) is 0.380. The van der Waals surface area contributed by atoms with Crippen LogP contribution >= 0.6 is 11.8 Å². The standard InChI is InChI=1S/C10H12N2O5S/c1-5-3-18-9-10(17-2,11-4-13)8(16)12(9)6(5)7(14)15/h4,9H,3H2,1-2H3,(H,11,13)(H,14,15)/t9-,10?/m1/s1. The molecule has 0 aromatic heterocycles. The summed E-state index contributed by atoms with van der Waals surface area (Å²) < 4.78 is 5.09. The summed E-state index contributed by atoms with van der Waals surface area (Å²) in [5, 5.41) is 10.9. The van der Waals surface area contributed by atoms with E-state index in [0.717, 1.165) is 4.90 Å². The van der Waals surface area contributed by atoms with Gasteiger partial charge in [0.05, 0.1) is 0 Å². The zero-order chi connectivity index (χ0) is 13.5. The molecule has 2 rings (SSSR count). The van der Waals surface area contributed by atoms with E-state index in [1.807, 2.05) is 0 Å². The van der Waals surface area contributed by atoms with Crippen LogP contribution in [0.25, 0.3) is 0 Å². The monoisotopic (exact) mass is 272 g/mol. The van der Waals surface area contributed by atoms with Crippen LogP contribution < -0.4 is 5.32 Å². The van der Waals surface area contributed by atoms with Gasteiger partial charge in [-0.1, -0.05) is 0 Å². The van der Waals surface area contributed by atoms with E-state index in [1.165, 1.54) is 18.9 Å². The van der Waals surface area contributed by atoms with Crippen LogP contribution in [0.3, 0.4) is 0 Å². The highest BCUT2D eigenvalue weighted by molar-refractivity contribution is 8.00. The van der Waals surface area contributed by atoms with Crippen molar-refractivity contribution in [1.82, 2.24) is 10.2 Å². The molecule has 2 aliphatic heterocycles. The number of ether oxygens (including phenoxy) is 1. The number of amides is 2. The summed E-state index contributed by atoms with van der Waals surface area (Å²) in [6, 6.07) is 0. The van der Waals surface area contributed by atoms with Gasteiger partial charge in [0.2, 0.25) is 6.41 Å². The van der Waals surface area contributed by atoms with Gasteiger partial charge in [0, 0.05) is 12.9 Å². The lowest BCUT2D eigenvalue weighted by Gasteiger charge is -2.55. The number of β-lactam (4-membered cyclic amide) rings is 1. The van der Waals surface area contributed by atoms with Gasteiger partial charge in [0.1, 0.15) is 11.1 Å². The zero-order valence-electron chi connectivity index (χ0n) is 9.80. The molecule has 2 aliphatic rings. The van der Waals surface area contributed by atoms with Crippen molar-refractivity contribution in [2.24, 2.45) is 0 Å². The number of nitrogens with zero attached hydrogens (tertiary/aromatic N) is 1. The van der Waals surface area contributed by atoms with Crippen molar-refractivity contribution in [3.8, 4) is 0 Å². The fourth-order valence-electron chi connectivity index (χ4n) is 2.15. The Kier molecular flexibility index (Phi) is 3.07. The van der Waals surface area contributed by atoms with Gasteiger partial charge in [0.25, 0.3) is 11.6 Å². The molecule has 18 heavy (non-hydrogen) atoms. The van der Waals surface area contributed by atoms with Gasteiger partial charge in [-0.25, -0.2) is 4.79 Å². The second-order valence-electron chi connectivity index (χ2n) is 3.97. The van der Waals surface area contributed by atoms with E-state index in [4.69, 9.17) is 9.84 Å². The van der Waals surface area contributed by atoms with E-state index in [2.05, 4.69) is 5.32 Å². The minimum Gasteiger partial charge on any atom is -0.477 e. The first-order valence-electron chi connectivity index (χ1n) is 5.14. The molecule has 0 aromatic rings. The van der Waals surface area contributed by atoms with Crippen molar-refractivity contribution in [1.29, 1.82) is 0 Å². The summed E-state index contributed by atoms with van der Waals surface area (Å²) in [6.45, 7) is 1.67. The SMILES string of the molecule is COC1(NC=O)C(=O)N2C(C(=O)O)=C(C)CS[C@@H]21. The fourth-order valence-corrected chi connectivity index (χ4v) is 3.54. The number of rotatable bonds is 4. The average Bonchev–Trinajstić information content (AvgIpc) is 2.34. The van der Waals surface area contributed by atoms with Crippen molar-refractivity contribution in [2.75, 3.05) is 12.9 Å². The quantitative estimate of drug-likeness (QED) is 0.401. The van der Waals surface area contributed by atoms with Crippen LogP contribution in [-0.4, -0.2) is 52.3 Å². The molecular formula is C10H12N2O5S. The third kappa shape index (κ3) is 1.45. The summed E-state index contributed by atoms with van der Waals surface area (Å²) >= 11 is 1.35. The van der Waals surface area contributed by atoms with Gasteiger partial charge in [-0.3, -0.25) is 14.5 Å². The smallest absolute Gasteiger partial charge is 0.352 e. The first-order valence-corrected chi connectivity index (χ1v) is 6.19. The number of carbonyl (C=O) groups is 3. The molecule has 0 spiro atoms. The van der Waals surface area contributed by atoms with E-state index >= 15 is 0 Å². The Labute approximate surface area is 107 Å². The second kappa shape index (κ2) is 4.29. The number of carboxylic acids is 1. The number of carbonyl (C=O) groups excluding carboxylic acids is 2. The largest absolute Gasteiger partial charge is 0.477 e. The third-order valence-electron chi connectivity index (χ3n) is 3.02. The molecule has 7 nitrogen and oxygen atoms in total. The Bertz CT molecular complexity index is 463. The number of fused-ring (bicyclic) bond motifs is 1. The van der Waals surface area contributed by atoms with Crippen LogP contribution in [0, 0.1) is 0 Å².